The quantitative estimate of drug-likeness (QED) is 0.0217. The third kappa shape index (κ3) is 21.2. The van der Waals surface area contributed by atoms with Crippen molar-refractivity contribution in [1.82, 2.24) is 5.32 Å². The molecule has 3 unspecified atom stereocenters. The maximum Gasteiger partial charge on any atom is 0.315 e. The van der Waals surface area contributed by atoms with Crippen molar-refractivity contribution in [2.24, 2.45) is 17.6 Å². The van der Waals surface area contributed by atoms with Crippen LogP contribution in [0, 0.1) is 17.2 Å². The lowest BCUT2D eigenvalue weighted by Crippen LogP contribution is -2.48. The van der Waals surface area contributed by atoms with E-state index in [1.54, 1.807) is 78.9 Å². The zero-order valence-corrected chi connectivity index (χ0v) is 38.2. The van der Waals surface area contributed by atoms with E-state index in [-0.39, 0.29) is 96.8 Å². The normalized spacial score (nSPS) is 12.1. The first-order chi connectivity index (χ1) is 33.0. The Kier molecular flexibility index (Phi) is 24.6. The number of Topliss-reactive ketones (excluding diaryl/α,β-unsaturated/α-hetero) is 2. The molecule has 0 radical (unpaired) electrons. The molecule has 4 aromatic carbocycles. The minimum Gasteiger partial charge on any atom is -0.461 e. The van der Waals surface area contributed by atoms with Crippen molar-refractivity contribution in [1.29, 1.82) is 5.41 Å². The molecule has 362 valence electrons. The standard InChI is InChI=1S/C52H61N3O13/c53-29-30-63-31-32-64-37-46(57)55-45(50(60)49(54)44(52(62)68-36-41-19-11-4-12-20-41)25-28-48(59)66-34-39-15-7-2-8-16-39)26-24-43(56)23-21-42(51(61)67-35-40-17-9-3-10-18-40)22-27-47(58)65-33-38-13-5-1-6-14-38/h1-20,42,44-45,54H,21-37,53H2,(H,55,57). The lowest BCUT2D eigenvalue weighted by molar-refractivity contribution is -0.152. The van der Waals surface area contributed by atoms with E-state index in [4.69, 9.17) is 39.6 Å². The first kappa shape index (κ1) is 53.7. The molecule has 4 aromatic rings. The predicted molar refractivity (Wildman–Crippen MR) is 249 cm³/mol. The van der Waals surface area contributed by atoms with Crippen molar-refractivity contribution < 1.29 is 62.0 Å². The Morgan fingerprint density at radius 3 is 1.43 bits per heavy atom. The third-order valence-corrected chi connectivity index (χ3v) is 10.5. The Bertz CT molecular complexity index is 2190. The molecule has 0 fully saturated rings. The molecule has 0 heterocycles. The minimum atomic E-state index is -1.54. The maximum atomic E-state index is 14.2. The van der Waals surface area contributed by atoms with Crippen LogP contribution in [0.1, 0.15) is 73.6 Å². The predicted octanol–water partition coefficient (Wildman–Crippen LogP) is 5.95. The molecule has 16 heteroatoms. The fourth-order valence-corrected chi connectivity index (χ4v) is 6.71. The molecule has 0 aliphatic carbocycles. The molecule has 0 aliphatic rings. The summed E-state index contributed by atoms with van der Waals surface area (Å²) in [5.41, 5.74) is 7.63. The Morgan fingerprint density at radius 1 is 0.500 bits per heavy atom. The van der Waals surface area contributed by atoms with Crippen LogP contribution in [-0.2, 0) is 88.4 Å². The van der Waals surface area contributed by atoms with E-state index in [1.807, 2.05) is 42.5 Å². The smallest absolute Gasteiger partial charge is 0.315 e. The largest absolute Gasteiger partial charge is 0.461 e. The van der Waals surface area contributed by atoms with Gasteiger partial charge < -0.3 is 44.9 Å². The number of nitrogens with two attached hydrogens (primary N) is 1. The van der Waals surface area contributed by atoms with Gasteiger partial charge in [-0.15, -0.1) is 0 Å². The first-order valence-corrected chi connectivity index (χ1v) is 22.6. The van der Waals surface area contributed by atoms with Crippen molar-refractivity contribution in [3.63, 3.8) is 0 Å². The second-order valence-electron chi connectivity index (χ2n) is 15.8. The summed E-state index contributed by atoms with van der Waals surface area (Å²) in [6.45, 7) is 0.128. The van der Waals surface area contributed by atoms with Crippen LogP contribution >= 0.6 is 0 Å². The summed E-state index contributed by atoms with van der Waals surface area (Å²) in [6, 6.07) is 34.4. The summed E-state index contributed by atoms with van der Waals surface area (Å²) in [4.78, 5) is 93.5. The molecule has 1 amide bonds. The third-order valence-electron chi connectivity index (χ3n) is 10.5. The minimum absolute atomic E-state index is 0.00891. The van der Waals surface area contributed by atoms with Crippen molar-refractivity contribution in [3.8, 4) is 0 Å². The molecule has 16 nitrogen and oxygen atoms in total. The monoisotopic (exact) mass is 935 g/mol. The topological polar surface area (TPSA) is 237 Å². The van der Waals surface area contributed by atoms with Crippen LogP contribution in [0.4, 0.5) is 0 Å². The van der Waals surface area contributed by atoms with E-state index in [0.29, 0.717) is 18.7 Å². The number of nitrogens with one attached hydrogen (secondary N) is 2. The molecule has 4 N–H and O–H groups in total. The summed E-state index contributed by atoms with van der Waals surface area (Å²) in [6.07, 6.45) is -1.44. The van der Waals surface area contributed by atoms with Gasteiger partial charge in [-0.1, -0.05) is 121 Å². The Morgan fingerprint density at radius 2 is 0.926 bits per heavy atom. The van der Waals surface area contributed by atoms with Crippen LogP contribution in [0.3, 0.4) is 0 Å². The summed E-state index contributed by atoms with van der Waals surface area (Å²) >= 11 is 0. The maximum absolute atomic E-state index is 14.2. The van der Waals surface area contributed by atoms with Crippen LogP contribution in [0.25, 0.3) is 0 Å². The van der Waals surface area contributed by atoms with Crippen molar-refractivity contribution in [2.45, 2.75) is 83.8 Å². The number of carbonyl (C=O) groups is 7. The highest BCUT2D eigenvalue weighted by Crippen LogP contribution is 2.21. The number of benzene rings is 4. The van der Waals surface area contributed by atoms with Crippen LogP contribution in [-0.4, -0.2) is 86.1 Å². The molecular formula is C52H61N3O13. The van der Waals surface area contributed by atoms with Crippen LogP contribution < -0.4 is 11.1 Å². The van der Waals surface area contributed by atoms with Gasteiger partial charge in [0.25, 0.3) is 0 Å². The number of rotatable bonds is 33. The fraction of sp³-hybridized carbons (Fsp3) is 0.385. The molecule has 0 saturated carbocycles. The molecule has 0 aromatic heterocycles. The molecule has 68 heavy (non-hydrogen) atoms. The number of amides is 1. The highest BCUT2D eigenvalue weighted by molar-refractivity contribution is 6.44. The lowest BCUT2D eigenvalue weighted by atomic mass is 9.89. The second-order valence-corrected chi connectivity index (χ2v) is 15.8. The van der Waals surface area contributed by atoms with Crippen LogP contribution in [0.5, 0.6) is 0 Å². The fourth-order valence-electron chi connectivity index (χ4n) is 6.71. The highest BCUT2D eigenvalue weighted by Gasteiger charge is 2.35. The van der Waals surface area contributed by atoms with Gasteiger partial charge in [-0.2, -0.15) is 0 Å². The van der Waals surface area contributed by atoms with E-state index in [2.05, 4.69) is 5.32 Å². The number of hydrogen-bond acceptors (Lipinski definition) is 15. The van der Waals surface area contributed by atoms with E-state index in [0.717, 1.165) is 16.7 Å². The Balaban J connectivity index is 1.44. The van der Waals surface area contributed by atoms with E-state index < -0.39 is 65.8 Å². The molecule has 0 saturated heterocycles. The number of carbonyl (C=O) groups excluding carboxylic acids is 7. The Hall–Kier alpha value is -6.88. The van der Waals surface area contributed by atoms with Gasteiger partial charge in [-0.3, -0.25) is 33.6 Å². The van der Waals surface area contributed by atoms with Crippen LogP contribution in [0.2, 0.25) is 0 Å². The molecular weight excluding hydrogens is 875 g/mol. The van der Waals surface area contributed by atoms with Gasteiger partial charge in [0.05, 0.1) is 37.5 Å². The number of ketones is 2. The van der Waals surface area contributed by atoms with Gasteiger partial charge in [-0.05, 0) is 47.9 Å². The summed E-state index contributed by atoms with van der Waals surface area (Å²) in [7, 11) is 0. The zero-order chi connectivity index (χ0) is 48.8. The van der Waals surface area contributed by atoms with Gasteiger partial charge in [0.2, 0.25) is 5.91 Å². The number of esters is 4. The SMILES string of the molecule is N=C(C(=O)C(CCC(=O)CCC(CCC(=O)OCc1ccccc1)C(=O)OCc1ccccc1)NC(=O)COCCOCCN)C(CCC(=O)OCc1ccccc1)C(=O)OCc1ccccc1. The van der Waals surface area contributed by atoms with Crippen LogP contribution in [0.15, 0.2) is 121 Å². The molecule has 4 rings (SSSR count). The lowest BCUT2D eigenvalue weighted by Gasteiger charge is -2.22. The van der Waals surface area contributed by atoms with Gasteiger partial charge >= 0.3 is 23.9 Å². The van der Waals surface area contributed by atoms with Gasteiger partial charge in [-0.25, -0.2) is 0 Å². The second kappa shape index (κ2) is 31.2. The van der Waals surface area contributed by atoms with E-state index >= 15 is 0 Å². The molecule has 0 bridgehead atoms. The van der Waals surface area contributed by atoms with Crippen molar-refractivity contribution in [3.05, 3.63) is 144 Å². The molecule has 0 aliphatic heterocycles. The van der Waals surface area contributed by atoms with E-state index in [9.17, 15) is 33.6 Å². The average molecular weight is 936 g/mol. The molecule has 3 atom stereocenters. The Labute approximate surface area is 396 Å². The van der Waals surface area contributed by atoms with Crippen molar-refractivity contribution >= 4 is 47.1 Å². The summed E-state index contributed by atoms with van der Waals surface area (Å²) < 4.78 is 32.6. The summed E-state index contributed by atoms with van der Waals surface area (Å²) in [5.74, 6) is -7.25. The number of ether oxygens (including phenoxy) is 6. The van der Waals surface area contributed by atoms with Gasteiger partial charge in [0.15, 0.2) is 5.78 Å². The molecule has 0 spiro atoms. The van der Waals surface area contributed by atoms with E-state index in [1.165, 1.54) is 0 Å². The van der Waals surface area contributed by atoms with Crippen molar-refractivity contribution in [2.75, 3.05) is 33.0 Å². The van der Waals surface area contributed by atoms with Gasteiger partial charge in [0, 0.05) is 32.2 Å². The first-order valence-electron chi connectivity index (χ1n) is 22.6. The highest BCUT2D eigenvalue weighted by atomic mass is 16.5. The zero-order valence-electron chi connectivity index (χ0n) is 38.2. The van der Waals surface area contributed by atoms with Gasteiger partial charge in [0.1, 0.15) is 44.7 Å². The number of hydrogen-bond donors (Lipinski definition) is 3. The summed E-state index contributed by atoms with van der Waals surface area (Å²) in [5, 5.41) is 11.5. The average Bonchev–Trinajstić information content (AvgIpc) is 3.36.